The van der Waals surface area contributed by atoms with Gasteiger partial charge in [0, 0.05) is 20.7 Å². The van der Waals surface area contributed by atoms with Crippen molar-refractivity contribution in [1.82, 2.24) is 20.2 Å². The fourth-order valence-electron chi connectivity index (χ4n) is 3.53. The van der Waals surface area contributed by atoms with Gasteiger partial charge in [-0.1, -0.05) is 63.0 Å². The van der Waals surface area contributed by atoms with E-state index in [1.165, 1.54) is 25.1 Å². The normalized spacial score (nSPS) is 11.1. The summed E-state index contributed by atoms with van der Waals surface area (Å²) in [5, 5.41) is 27.6. The average molecular weight is 650 g/mol. The van der Waals surface area contributed by atoms with Crippen LogP contribution in [-0.4, -0.2) is 44.9 Å². The Labute approximate surface area is 247 Å². The van der Waals surface area contributed by atoms with E-state index in [2.05, 4.69) is 42.0 Å². The molecular weight excluding hydrogens is 627 g/mol. The van der Waals surface area contributed by atoms with Crippen molar-refractivity contribution in [3.05, 3.63) is 86.1 Å². The Morgan fingerprint density at radius 2 is 2.03 bits per heavy atom. The fraction of sp³-hybridized carbons (Fsp3) is 0.154. The minimum atomic E-state index is -0.381. The minimum absolute atomic E-state index is 0.000220. The van der Waals surface area contributed by atoms with Crippen LogP contribution in [0.5, 0.6) is 11.5 Å². The first kappa shape index (κ1) is 28.8. The number of nitrogens with zero attached hydrogens (tertiary/aromatic N) is 4. The molecule has 4 rings (SSSR count). The maximum atomic E-state index is 12.5. The lowest BCUT2D eigenvalue weighted by atomic mass is 10.2. The number of anilines is 1. The molecule has 0 saturated heterocycles. The molecule has 0 aliphatic carbocycles. The first-order valence-corrected chi connectivity index (χ1v) is 14.0. The molecule has 3 aromatic carbocycles. The van der Waals surface area contributed by atoms with Gasteiger partial charge in [0.15, 0.2) is 22.5 Å². The number of aromatic hydroxyl groups is 1. The molecule has 0 radical (unpaired) electrons. The summed E-state index contributed by atoms with van der Waals surface area (Å²) in [6, 6.07) is 16.4. The van der Waals surface area contributed by atoms with Gasteiger partial charge >= 0.3 is 0 Å². The van der Waals surface area contributed by atoms with Gasteiger partial charge in [0.05, 0.1) is 36.3 Å². The number of methoxy groups -OCH3 is 1. The van der Waals surface area contributed by atoms with Crippen LogP contribution in [0.1, 0.15) is 17.0 Å². The third-order valence-electron chi connectivity index (χ3n) is 5.33. The molecule has 39 heavy (non-hydrogen) atoms. The number of carbonyl (C=O) groups excluding carboxylic acids is 1. The highest BCUT2D eigenvalue weighted by molar-refractivity contribution is 9.10. The largest absolute Gasteiger partial charge is 0.504 e. The Balaban J connectivity index is 1.49. The highest BCUT2D eigenvalue weighted by Crippen LogP contribution is 2.33. The lowest BCUT2D eigenvalue weighted by Crippen LogP contribution is -2.20. The van der Waals surface area contributed by atoms with E-state index in [-0.39, 0.29) is 23.2 Å². The number of hydrogen-bond donors (Lipinski definition) is 3. The molecule has 0 unspecified atom stereocenters. The van der Waals surface area contributed by atoms with Crippen LogP contribution in [0.2, 0.25) is 10.0 Å². The third-order valence-corrected chi connectivity index (χ3v) is 7.26. The summed E-state index contributed by atoms with van der Waals surface area (Å²) in [5.41, 5.74) is 5.52. The Morgan fingerprint density at radius 3 is 2.77 bits per heavy atom. The molecule has 1 heterocycles. The van der Waals surface area contributed by atoms with E-state index in [4.69, 9.17) is 27.9 Å². The smallest absolute Gasteiger partial charge is 0.250 e. The number of ether oxygens (including phenoxy) is 1. The molecular formula is C26H23BrCl2N6O3S. The van der Waals surface area contributed by atoms with Gasteiger partial charge in [-0.25, -0.2) is 5.43 Å². The van der Waals surface area contributed by atoms with E-state index in [1.807, 2.05) is 31.2 Å². The van der Waals surface area contributed by atoms with Crippen LogP contribution in [0, 0.1) is 6.92 Å². The van der Waals surface area contributed by atoms with E-state index in [0.29, 0.717) is 43.3 Å². The molecule has 0 atom stereocenters. The Bertz CT molecular complexity index is 1530. The van der Waals surface area contributed by atoms with Crippen molar-refractivity contribution in [3.8, 4) is 17.2 Å². The molecule has 1 aromatic heterocycles. The molecule has 0 aliphatic heterocycles. The predicted molar refractivity (Wildman–Crippen MR) is 159 cm³/mol. The van der Waals surface area contributed by atoms with E-state index in [1.54, 1.807) is 34.9 Å². The second-order valence-corrected chi connectivity index (χ2v) is 10.9. The van der Waals surface area contributed by atoms with Crippen LogP contribution in [0.3, 0.4) is 0 Å². The molecule has 1 amide bonds. The maximum Gasteiger partial charge on any atom is 0.250 e. The van der Waals surface area contributed by atoms with Gasteiger partial charge < -0.3 is 15.2 Å². The molecule has 3 N–H and O–H groups in total. The molecule has 0 fully saturated rings. The molecule has 0 aliphatic rings. The zero-order valence-electron chi connectivity index (χ0n) is 20.8. The maximum absolute atomic E-state index is 12.5. The summed E-state index contributed by atoms with van der Waals surface area (Å²) in [6.45, 7) is 2.38. The summed E-state index contributed by atoms with van der Waals surface area (Å²) >= 11 is 17.1. The third kappa shape index (κ3) is 7.45. The summed E-state index contributed by atoms with van der Waals surface area (Å²) in [6.07, 6.45) is 1.33. The number of phenols is 1. The van der Waals surface area contributed by atoms with E-state index in [0.717, 1.165) is 11.3 Å². The Hall–Kier alpha value is -3.25. The molecule has 13 heteroatoms. The van der Waals surface area contributed by atoms with Gasteiger partial charge in [0.1, 0.15) is 0 Å². The van der Waals surface area contributed by atoms with Crippen LogP contribution < -0.4 is 15.5 Å². The number of carbonyl (C=O) groups is 1. The van der Waals surface area contributed by atoms with Crippen molar-refractivity contribution in [2.75, 3.05) is 18.2 Å². The standard InChI is InChI=1S/C26H23BrCl2N6O3S/c1-15-4-3-5-19(8-15)30-13-23-32-34-26(35(23)21-7-6-18(28)11-20(21)29)39-14-24(36)33-31-12-16-9-17(27)10-22(38-2)25(16)37/h3-12,30,37H,13-14H2,1-2H3,(H,33,36). The first-order valence-electron chi connectivity index (χ1n) is 11.5. The average Bonchev–Trinajstić information content (AvgIpc) is 3.30. The number of thioether (sulfide) groups is 1. The quantitative estimate of drug-likeness (QED) is 0.106. The van der Waals surface area contributed by atoms with Gasteiger partial charge in [-0.2, -0.15) is 5.10 Å². The highest BCUT2D eigenvalue weighted by Gasteiger charge is 2.18. The fourth-order valence-corrected chi connectivity index (χ4v) is 5.24. The van der Waals surface area contributed by atoms with Crippen LogP contribution >= 0.6 is 50.9 Å². The SMILES string of the molecule is COc1cc(Br)cc(C=NNC(=O)CSc2nnc(CNc3cccc(C)c3)n2-c2ccc(Cl)cc2Cl)c1O. The number of phenolic OH excluding ortho intramolecular Hbond substituents is 1. The van der Waals surface area contributed by atoms with Crippen molar-refractivity contribution >= 4 is 68.7 Å². The Morgan fingerprint density at radius 1 is 1.21 bits per heavy atom. The van der Waals surface area contributed by atoms with Gasteiger partial charge in [-0.3, -0.25) is 9.36 Å². The lowest BCUT2D eigenvalue weighted by molar-refractivity contribution is -0.118. The van der Waals surface area contributed by atoms with Gasteiger partial charge in [-0.05, 0) is 55.0 Å². The van der Waals surface area contributed by atoms with Crippen molar-refractivity contribution in [1.29, 1.82) is 0 Å². The molecule has 0 bridgehead atoms. The van der Waals surface area contributed by atoms with E-state index in [9.17, 15) is 9.90 Å². The van der Waals surface area contributed by atoms with Crippen LogP contribution in [0.25, 0.3) is 5.69 Å². The van der Waals surface area contributed by atoms with Gasteiger partial charge in [0.25, 0.3) is 5.91 Å². The summed E-state index contributed by atoms with van der Waals surface area (Å²) in [5.74, 6) is 0.405. The van der Waals surface area contributed by atoms with Crippen molar-refractivity contribution < 1.29 is 14.6 Å². The van der Waals surface area contributed by atoms with Crippen molar-refractivity contribution in [2.45, 2.75) is 18.6 Å². The van der Waals surface area contributed by atoms with Gasteiger partial charge in [-0.15, -0.1) is 10.2 Å². The topological polar surface area (TPSA) is 114 Å². The molecule has 4 aromatic rings. The molecule has 0 saturated carbocycles. The molecule has 9 nitrogen and oxygen atoms in total. The summed E-state index contributed by atoms with van der Waals surface area (Å²) in [7, 11) is 1.45. The van der Waals surface area contributed by atoms with Crippen molar-refractivity contribution in [3.63, 3.8) is 0 Å². The second-order valence-electron chi connectivity index (χ2n) is 8.18. The predicted octanol–water partition coefficient (Wildman–Crippen LogP) is 6.21. The van der Waals surface area contributed by atoms with E-state index < -0.39 is 0 Å². The summed E-state index contributed by atoms with van der Waals surface area (Å²) < 4.78 is 7.60. The zero-order chi connectivity index (χ0) is 27.9. The number of aryl methyl sites for hydroxylation is 1. The van der Waals surface area contributed by atoms with Crippen LogP contribution in [0.4, 0.5) is 5.69 Å². The number of halogens is 3. The number of aromatic nitrogens is 3. The number of hydrogen-bond acceptors (Lipinski definition) is 8. The highest BCUT2D eigenvalue weighted by atomic mass is 79.9. The van der Waals surface area contributed by atoms with E-state index >= 15 is 0 Å². The second kappa shape index (κ2) is 13.2. The molecule has 0 spiro atoms. The monoisotopic (exact) mass is 648 g/mol. The van der Waals surface area contributed by atoms with Crippen molar-refractivity contribution in [2.24, 2.45) is 5.10 Å². The Kier molecular flexibility index (Phi) is 9.73. The summed E-state index contributed by atoms with van der Waals surface area (Å²) in [4.78, 5) is 12.5. The molecule has 202 valence electrons. The van der Waals surface area contributed by atoms with Gasteiger partial charge in [0.2, 0.25) is 0 Å². The lowest BCUT2D eigenvalue weighted by Gasteiger charge is -2.13. The minimum Gasteiger partial charge on any atom is -0.504 e. The van der Waals surface area contributed by atoms with Crippen LogP contribution in [-0.2, 0) is 11.3 Å². The number of rotatable bonds is 10. The first-order chi connectivity index (χ1) is 18.7. The number of benzene rings is 3. The number of hydrazone groups is 1. The zero-order valence-corrected chi connectivity index (χ0v) is 24.7. The van der Waals surface area contributed by atoms with Crippen LogP contribution in [0.15, 0.2) is 69.3 Å². The number of amides is 1. The number of nitrogens with one attached hydrogen (secondary N) is 2.